The summed E-state index contributed by atoms with van der Waals surface area (Å²) < 4.78 is 10.7. The summed E-state index contributed by atoms with van der Waals surface area (Å²) in [7, 11) is 1.32. The molecular weight excluding hydrogens is 390 g/mol. The van der Waals surface area contributed by atoms with Gasteiger partial charge in [-0.2, -0.15) is 0 Å². The number of hydrogen-bond acceptors (Lipinski definition) is 6. The fraction of sp³-hybridized carbons (Fsp3) is 0.588. The van der Waals surface area contributed by atoms with Crippen molar-refractivity contribution in [2.75, 3.05) is 31.6 Å². The molecule has 1 saturated heterocycles. The van der Waals surface area contributed by atoms with Crippen LogP contribution in [0.3, 0.4) is 0 Å². The van der Waals surface area contributed by atoms with Gasteiger partial charge in [0.1, 0.15) is 15.9 Å². The number of piperazine rings is 1. The molecule has 1 atom stereocenters. The van der Waals surface area contributed by atoms with Crippen molar-refractivity contribution in [3.63, 3.8) is 0 Å². The van der Waals surface area contributed by atoms with E-state index in [2.05, 4.69) is 30.6 Å². The Labute approximate surface area is 156 Å². The van der Waals surface area contributed by atoms with Crippen molar-refractivity contribution < 1.29 is 19.1 Å². The van der Waals surface area contributed by atoms with Crippen molar-refractivity contribution in [1.82, 2.24) is 9.88 Å². The minimum Gasteiger partial charge on any atom is -0.464 e. The van der Waals surface area contributed by atoms with E-state index < -0.39 is 11.6 Å². The first kappa shape index (κ1) is 19.5. The van der Waals surface area contributed by atoms with Gasteiger partial charge in [0.15, 0.2) is 0 Å². The number of rotatable bonds is 2. The third-order valence-corrected chi connectivity index (χ3v) is 4.40. The smallest absolute Gasteiger partial charge is 0.410 e. The summed E-state index contributed by atoms with van der Waals surface area (Å²) in [5, 5.41) is 0. The number of carbonyl (C=O) groups excluding carboxylic acids is 2. The fourth-order valence-electron chi connectivity index (χ4n) is 2.67. The second kappa shape index (κ2) is 7.59. The van der Waals surface area contributed by atoms with Crippen LogP contribution in [-0.4, -0.2) is 60.3 Å². The number of methoxy groups -OCH3 is 1. The minimum atomic E-state index is -0.506. The third-order valence-electron chi connectivity index (χ3n) is 3.81. The second-order valence-electron chi connectivity index (χ2n) is 6.97. The average Bonchev–Trinajstić information content (AvgIpc) is 2.52. The van der Waals surface area contributed by atoms with E-state index in [0.717, 1.165) is 5.69 Å². The summed E-state index contributed by atoms with van der Waals surface area (Å²) >= 11 is 3.43. The highest BCUT2D eigenvalue weighted by molar-refractivity contribution is 9.10. The summed E-state index contributed by atoms with van der Waals surface area (Å²) in [5.41, 5.74) is 0.621. The third kappa shape index (κ3) is 4.84. The molecule has 8 heteroatoms. The number of anilines is 1. The lowest BCUT2D eigenvalue weighted by molar-refractivity contribution is 0.0218. The maximum atomic E-state index is 12.2. The van der Waals surface area contributed by atoms with Gasteiger partial charge in [0.2, 0.25) is 0 Å². The molecular formula is C17H24BrN3O4. The van der Waals surface area contributed by atoms with Crippen LogP contribution in [-0.2, 0) is 9.47 Å². The summed E-state index contributed by atoms with van der Waals surface area (Å²) in [6.07, 6.45) is -0.294. The molecule has 138 valence electrons. The van der Waals surface area contributed by atoms with Crippen LogP contribution in [0.2, 0.25) is 0 Å². The van der Waals surface area contributed by atoms with Gasteiger partial charge in [-0.1, -0.05) is 0 Å². The van der Waals surface area contributed by atoms with Gasteiger partial charge in [-0.3, -0.25) is 0 Å². The predicted molar refractivity (Wildman–Crippen MR) is 97.9 cm³/mol. The molecule has 2 rings (SSSR count). The zero-order chi connectivity index (χ0) is 18.8. The molecule has 0 bridgehead atoms. The Morgan fingerprint density at radius 3 is 2.48 bits per heavy atom. The Balaban J connectivity index is 2.09. The van der Waals surface area contributed by atoms with Crippen molar-refractivity contribution >= 4 is 33.7 Å². The lowest BCUT2D eigenvalue weighted by Gasteiger charge is -2.41. The number of aromatic nitrogens is 1. The van der Waals surface area contributed by atoms with Gasteiger partial charge in [-0.15, -0.1) is 0 Å². The molecule has 0 aromatic carbocycles. The molecule has 0 N–H and O–H groups in total. The van der Waals surface area contributed by atoms with Gasteiger partial charge in [-0.05, 0) is 55.8 Å². The molecule has 0 unspecified atom stereocenters. The predicted octanol–water partition coefficient (Wildman–Crippen LogP) is 3.08. The summed E-state index contributed by atoms with van der Waals surface area (Å²) in [5.74, 6) is -0.477. The van der Waals surface area contributed by atoms with E-state index in [1.54, 1.807) is 11.0 Å². The van der Waals surface area contributed by atoms with Gasteiger partial charge < -0.3 is 19.3 Å². The molecule has 0 saturated carbocycles. The number of pyridine rings is 1. The van der Waals surface area contributed by atoms with E-state index in [1.807, 2.05) is 33.8 Å². The summed E-state index contributed by atoms with van der Waals surface area (Å²) in [6, 6.07) is 3.56. The Hall–Kier alpha value is -1.83. The molecule has 2 heterocycles. The number of amides is 1. The van der Waals surface area contributed by atoms with E-state index in [1.165, 1.54) is 7.11 Å². The number of esters is 1. The van der Waals surface area contributed by atoms with Crippen molar-refractivity contribution in [1.29, 1.82) is 0 Å². The monoisotopic (exact) mass is 413 g/mol. The van der Waals surface area contributed by atoms with Crippen LogP contribution in [0.5, 0.6) is 0 Å². The molecule has 1 aliphatic rings. The fourth-order valence-corrected chi connectivity index (χ4v) is 3.22. The van der Waals surface area contributed by atoms with Gasteiger partial charge in [0.25, 0.3) is 0 Å². The van der Waals surface area contributed by atoms with Gasteiger partial charge >= 0.3 is 12.1 Å². The summed E-state index contributed by atoms with van der Waals surface area (Å²) in [6.45, 7) is 9.38. The SMILES string of the molecule is COC(=O)c1ccc(N2CCN(C(=O)OC(C)(C)C)C[C@@H]2C)c(Br)n1. The van der Waals surface area contributed by atoms with E-state index in [0.29, 0.717) is 24.2 Å². The van der Waals surface area contributed by atoms with Crippen molar-refractivity contribution in [2.24, 2.45) is 0 Å². The first-order chi connectivity index (χ1) is 11.6. The standard InChI is InChI=1S/C17H24BrN3O4/c1-11-10-20(16(23)25-17(2,3)4)8-9-21(11)13-7-6-12(15(22)24-5)19-14(13)18/h6-7,11H,8-10H2,1-5H3/t11-/m0/s1. The maximum absolute atomic E-state index is 12.2. The molecule has 1 fully saturated rings. The van der Waals surface area contributed by atoms with Crippen LogP contribution in [0.15, 0.2) is 16.7 Å². The average molecular weight is 414 g/mol. The lowest BCUT2D eigenvalue weighted by atomic mass is 10.1. The van der Waals surface area contributed by atoms with E-state index in [9.17, 15) is 9.59 Å². The Morgan fingerprint density at radius 1 is 1.28 bits per heavy atom. The molecule has 25 heavy (non-hydrogen) atoms. The maximum Gasteiger partial charge on any atom is 0.410 e. The number of hydrogen-bond donors (Lipinski definition) is 0. The van der Waals surface area contributed by atoms with Crippen molar-refractivity contribution in [2.45, 2.75) is 39.3 Å². The van der Waals surface area contributed by atoms with Gasteiger partial charge in [-0.25, -0.2) is 14.6 Å². The first-order valence-electron chi connectivity index (χ1n) is 8.12. The van der Waals surface area contributed by atoms with Gasteiger partial charge in [0.05, 0.1) is 12.8 Å². The largest absolute Gasteiger partial charge is 0.464 e. The van der Waals surface area contributed by atoms with E-state index in [4.69, 9.17) is 4.74 Å². The van der Waals surface area contributed by atoms with Crippen LogP contribution < -0.4 is 4.90 Å². The van der Waals surface area contributed by atoms with Crippen LogP contribution in [0.1, 0.15) is 38.2 Å². The number of carbonyl (C=O) groups is 2. The van der Waals surface area contributed by atoms with E-state index >= 15 is 0 Å². The van der Waals surface area contributed by atoms with Crippen LogP contribution in [0.25, 0.3) is 0 Å². The highest BCUT2D eigenvalue weighted by atomic mass is 79.9. The van der Waals surface area contributed by atoms with Gasteiger partial charge in [0, 0.05) is 25.7 Å². The molecule has 1 amide bonds. The molecule has 7 nitrogen and oxygen atoms in total. The topological polar surface area (TPSA) is 72.0 Å². The molecule has 0 radical (unpaired) electrons. The van der Waals surface area contributed by atoms with Crippen LogP contribution in [0.4, 0.5) is 10.5 Å². The van der Waals surface area contributed by atoms with Crippen molar-refractivity contribution in [3.8, 4) is 0 Å². The number of nitrogens with zero attached hydrogens (tertiary/aromatic N) is 3. The number of ether oxygens (including phenoxy) is 2. The molecule has 0 aliphatic carbocycles. The zero-order valence-corrected chi connectivity index (χ0v) is 16.8. The normalized spacial score (nSPS) is 18.1. The minimum absolute atomic E-state index is 0.0864. The highest BCUT2D eigenvalue weighted by Gasteiger charge is 2.31. The molecule has 1 aromatic rings. The molecule has 1 aliphatic heterocycles. The quantitative estimate of drug-likeness (QED) is 0.547. The Morgan fingerprint density at radius 2 is 1.96 bits per heavy atom. The zero-order valence-electron chi connectivity index (χ0n) is 15.2. The lowest BCUT2D eigenvalue weighted by Crippen LogP contribution is -2.54. The highest BCUT2D eigenvalue weighted by Crippen LogP contribution is 2.28. The summed E-state index contributed by atoms with van der Waals surface area (Å²) in [4.78, 5) is 31.9. The van der Waals surface area contributed by atoms with Crippen molar-refractivity contribution in [3.05, 3.63) is 22.4 Å². The van der Waals surface area contributed by atoms with E-state index in [-0.39, 0.29) is 17.8 Å². The Kier molecular flexibility index (Phi) is 5.92. The Bertz CT molecular complexity index is 660. The number of halogens is 1. The molecule has 0 spiro atoms. The van der Waals surface area contributed by atoms with Crippen LogP contribution >= 0.6 is 15.9 Å². The first-order valence-corrected chi connectivity index (χ1v) is 8.91. The molecule has 1 aromatic heterocycles. The van der Waals surface area contributed by atoms with Crippen LogP contribution in [0, 0.1) is 0 Å². The second-order valence-corrected chi connectivity index (χ2v) is 7.72.